The highest BCUT2D eigenvalue weighted by Crippen LogP contribution is 2.30. The number of hydrogen-bond donors (Lipinski definition) is 2. The van der Waals surface area contributed by atoms with E-state index >= 15 is 0 Å². The third-order valence-electron chi connectivity index (χ3n) is 5.96. The van der Waals surface area contributed by atoms with Crippen molar-refractivity contribution in [1.82, 2.24) is 15.2 Å². The number of likely N-dealkylation sites (tertiary alicyclic amines) is 1. The lowest BCUT2D eigenvalue weighted by molar-refractivity contribution is -0.144. The fourth-order valence-electron chi connectivity index (χ4n) is 3.58. The molecule has 3 atom stereocenters. The standard InChI is InChI=1S/C23H31N3O3S/c1-14(23(3,4)5)22(29)26-12-18(27)10-19(26)21(28)24-11-16-6-8-17(9-7-16)20-15(2)25-13-30-20/h6-9,13-14,18-19,27H,10-12H2,1-5H3,(H,24,28)/t14-,18-,19-/m1/s1. The fourth-order valence-corrected chi connectivity index (χ4v) is 4.40. The zero-order valence-corrected chi connectivity index (χ0v) is 19.1. The van der Waals surface area contributed by atoms with E-state index in [4.69, 9.17) is 0 Å². The van der Waals surface area contributed by atoms with Crippen molar-refractivity contribution in [3.63, 3.8) is 0 Å². The van der Waals surface area contributed by atoms with E-state index in [0.717, 1.165) is 21.7 Å². The highest BCUT2D eigenvalue weighted by atomic mass is 32.1. The molecule has 0 bridgehead atoms. The smallest absolute Gasteiger partial charge is 0.243 e. The molecule has 6 nitrogen and oxygen atoms in total. The molecule has 2 N–H and O–H groups in total. The van der Waals surface area contributed by atoms with Crippen LogP contribution in [0.3, 0.4) is 0 Å². The van der Waals surface area contributed by atoms with Crippen LogP contribution in [0.15, 0.2) is 29.8 Å². The van der Waals surface area contributed by atoms with Gasteiger partial charge in [0, 0.05) is 25.4 Å². The number of aryl methyl sites for hydroxylation is 1. The number of thiazole rings is 1. The predicted molar refractivity (Wildman–Crippen MR) is 119 cm³/mol. The topological polar surface area (TPSA) is 82.5 Å². The third kappa shape index (κ3) is 4.90. The Morgan fingerprint density at radius 1 is 1.30 bits per heavy atom. The van der Waals surface area contributed by atoms with Gasteiger partial charge in [0.05, 0.1) is 22.2 Å². The summed E-state index contributed by atoms with van der Waals surface area (Å²) in [6.07, 6.45) is -0.392. The van der Waals surface area contributed by atoms with Gasteiger partial charge in [-0.05, 0) is 23.5 Å². The van der Waals surface area contributed by atoms with Gasteiger partial charge in [-0.15, -0.1) is 11.3 Å². The molecule has 2 aromatic rings. The molecule has 1 saturated heterocycles. The second kappa shape index (κ2) is 8.86. The highest BCUT2D eigenvalue weighted by molar-refractivity contribution is 7.13. The van der Waals surface area contributed by atoms with Crippen LogP contribution in [-0.2, 0) is 16.1 Å². The molecule has 3 rings (SSSR count). The summed E-state index contributed by atoms with van der Waals surface area (Å²) in [4.78, 5) is 32.7. The Hall–Kier alpha value is -2.25. The molecule has 0 spiro atoms. The van der Waals surface area contributed by atoms with Crippen molar-refractivity contribution in [2.45, 2.75) is 59.7 Å². The number of β-amino-alcohol motifs (C(OH)–C–C–N with tert-alkyl or cyclic N) is 1. The fraction of sp³-hybridized carbons (Fsp3) is 0.522. The van der Waals surface area contributed by atoms with Gasteiger partial charge < -0.3 is 15.3 Å². The maximum Gasteiger partial charge on any atom is 0.243 e. The van der Waals surface area contributed by atoms with Gasteiger partial charge in [0.25, 0.3) is 0 Å². The van der Waals surface area contributed by atoms with Crippen LogP contribution in [0.1, 0.15) is 45.4 Å². The first-order valence-electron chi connectivity index (χ1n) is 10.3. The number of aliphatic hydroxyl groups excluding tert-OH is 1. The molecule has 2 heterocycles. The van der Waals surface area contributed by atoms with Crippen molar-refractivity contribution >= 4 is 23.2 Å². The van der Waals surface area contributed by atoms with Crippen molar-refractivity contribution in [3.8, 4) is 10.4 Å². The molecule has 0 radical (unpaired) electrons. The van der Waals surface area contributed by atoms with Crippen LogP contribution >= 0.6 is 11.3 Å². The number of hydrogen-bond acceptors (Lipinski definition) is 5. The molecule has 7 heteroatoms. The SMILES string of the molecule is Cc1ncsc1-c1ccc(CNC(=O)[C@H]2C[C@@H](O)CN2C(=O)[C@@H](C)C(C)(C)C)cc1. The number of rotatable bonds is 5. The first kappa shape index (κ1) is 22.4. The van der Waals surface area contributed by atoms with Crippen LogP contribution in [0, 0.1) is 18.3 Å². The average Bonchev–Trinajstić information content (AvgIpc) is 3.30. The second-order valence-electron chi connectivity index (χ2n) is 9.17. The van der Waals surface area contributed by atoms with Crippen LogP contribution in [0.5, 0.6) is 0 Å². The first-order chi connectivity index (χ1) is 14.1. The summed E-state index contributed by atoms with van der Waals surface area (Å²) in [6.45, 7) is 10.5. The van der Waals surface area contributed by atoms with Crippen molar-refractivity contribution in [1.29, 1.82) is 0 Å². The summed E-state index contributed by atoms with van der Waals surface area (Å²) in [5.41, 5.74) is 4.73. The summed E-state index contributed by atoms with van der Waals surface area (Å²) in [5.74, 6) is -0.535. The molecule has 1 aromatic heterocycles. The number of nitrogens with one attached hydrogen (secondary N) is 1. The summed E-state index contributed by atoms with van der Waals surface area (Å²) in [5, 5.41) is 13.0. The van der Waals surface area contributed by atoms with Crippen molar-refractivity contribution in [3.05, 3.63) is 41.0 Å². The number of aromatic nitrogens is 1. The number of amides is 2. The Balaban J connectivity index is 1.63. The van der Waals surface area contributed by atoms with E-state index in [9.17, 15) is 14.7 Å². The molecule has 1 aliphatic heterocycles. The largest absolute Gasteiger partial charge is 0.391 e. The lowest BCUT2D eigenvalue weighted by Gasteiger charge is -2.32. The number of aliphatic hydroxyl groups is 1. The van der Waals surface area contributed by atoms with E-state index < -0.39 is 12.1 Å². The first-order valence-corrected chi connectivity index (χ1v) is 11.2. The average molecular weight is 430 g/mol. The maximum absolute atomic E-state index is 12.9. The van der Waals surface area contributed by atoms with E-state index in [-0.39, 0.29) is 36.1 Å². The minimum absolute atomic E-state index is 0.0801. The molecule has 30 heavy (non-hydrogen) atoms. The Bertz CT molecular complexity index is 901. The molecular weight excluding hydrogens is 398 g/mol. The van der Waals surface area contributed by atoms with Crippen molar-refractivity contribution in [2.75, 3.05) is 6.54 Å². The number of carbonyl (C=O) groups is 2. The summed E-state index contributed by atoms with van der Waals surface area (Å²) in [7, 11) is 0. The van der Waals surface area contributed by atoms with Crippen molar-refractivity contribution < 1.29 is 14.7 Å². The highest BCUT2D eigenvalue weighted by Gasteiger charge is 2.42. The normalized spacial score (nSPS) is 20.3. The Kier molecular flexibility index (Phi) is 6.62. The van der Waals surface area contributed by atoms with Crippen LogP contribution in [0.25, 0.3) is 10.4 Å². The van der Waals surface area contributed by atoms with Gasteiger partial charge in [0.1, 0.15) is 6.04 Å². The number of nitrogens with zero attached hydrogens (tertiary/aromatic N) is 2. The lowest BCUT2D eigenvalue weighted by atomic mass is 9.81. The summed E-state index contributed by atoms with van der Waals surface area (Å²) >= 11 is 1.61. The predicted octanol–water partition coefficient (Wildman–Crippen LogP) is 3.38. The van der Waals surface area contributed by atoms with Crippen molar-refractivity contribution in [2.24, 2.45) is 11.3 Å². The molecule has 1 fully saturated rings. The van der Waals surface area contributed by atoms with Gasteiger partial charge in [-0.2, -0.15) is 0 Å². The van der Waals surface area contributed by atoms with E-state index in [1.807, 2.05) is 64.4 Å². The molecule has 162 valence electrons. The zero-order valence-electron chi connectivity index (χ0n) is 18.3. The van der Waals surface area contributed by atoms with Crippen LogP contribution in [0.4, 0.5) is 0 Å². The van der Waals surface area contributed by atoms with E-state index in [0.29, 0.717) is 6.54 Å². The van der Waals surface area contributed by atoms with Crippen LogP contribution < -0.4 is 5.32 Å². The molecule has 0 saturated carbocycles. The van der Waals surface area contributed by atoms with Crippen LogP contribution in [0.2, 0.25) is 0 Å². The van der Waals surface area contributed by atoms with Gasteiger partial charge in [0.2, 0.25) is 11.8 Å². The molecular formula is C23H31N3O3S. The molecule has 0 unspecified atom stereocenters. The number of carbonyl (C=O) groups excluding carboxylic acids is 2. The molecule has 0 aliphatic carbocycles. The molecule has 1 aromatic carbocycles. The minimum atomic E-state index is -0.668. The van der Waals surface area contributed by atoms with Gasteiger partial charge in [-0.1, -0.05) is 52.0 Å². The lowest BCUT2D eigenvalue weighted by Crippen LogP contribution is -2.49. The van der Waals surface area contributed by atoms with Gasteiger partial charge in [0.15, 0.2) is 0 Å². The summed E-state index contributed by atoms with van der Waals surface area (Å²) in [6, 6.07) is 7.41. The van der Waals surface area contributed by atoms with Gasteiger partial charge in [-0.3, -0.25) is 9.59 Å². The Morgan fingerprint density at radius 3 is 2.53 bits per heavy atom. The van der Waals surface area contributed by atoms with Crippen LogP contribution in [-0.4, -0.2) is 45.5 Å². The monoisotopic (exact) mass is 429 g/mol. The van der Waals surface area contributed by atoms with Gasteiger partial charge >= 0.3 is 0 Å². The summed E-state index contributed by atoms with van der Waals surface area (Å²) < 4.78 is 0. The Labute approximate surface area is 182 Å². The van der Waals surface area contributed by atoms with Gasteiger partial charge in [-0.25, -0.2) is 4.98 Å². The molecule has 1 aliphatic rings. The second-order valence-corrected chi connectivity index (χ2v) is 10.0. The third-order valence-corrected chi connectivity index (χ3v) is 6.94. The van der Waals surface area contributed by atoms with E-state index in [2.05, 4.69) is 10.3 Å². The maximum atomic E-state index is 12.9. The molecule has 2 amide bonds. The van der Waals surface area contributed by atoms with E-state index in [1.165, 1.54) is 0 Å². The quantitative estimate of drug-likeness (QED) is 0.763. The number of benzene rings is 1. The zero-order chi connectivity index (χ0) is 22.1. The Morgan fingerprint density at radius 2 is 1.97 bits per heavy atom. The minimum Gasteiger partial charge on any atom is -0.391 e. The van der Waals surface area contributed by atoms with E-state index in [1.54, 1.807) is 16.2 Å².